The molecule has 0 radical (unpaired) electrons. The zero-order chi connectivity index (χ0) is 15.3. The van der Waals surface area contributed by atoms with E-state index in [1.54, 1.807) is 0 Å². The number of alkyl halides is 3. The van der Waals surface area contributed by atoms with Gasteiger partial charge in [-0.3, -0.25) is 0 Å². The summed E-state index contributed by atoms with van der Waals surface area (Å²) in [6.45, 7) is 0.914. The van der Waals surface area contributed by atoms with Crippen LogP contribution in [0.2, 0.25) is 0 Å². The third kappa shape index (κ3) is 4.06. The lowest BCUT2D eigenvalue weighted by molar-refractivity contribution is -0.138. The molecule has 8 heteroatoms. The first-order valence-corrected chi connectivity index (χ1v) is 6.11. The van der Waals surface area contributed by atoms with E-state index in [9.17, 15) is 13.2 Å². The van der Waals surface area contributed by atoms with Gasteiger partial charge in [-0.2, -0.15) is 13.2 Å². The third-order valence-electron chi connectivity index (χ3n) is 2.48. The van der Waals surface area contributed by atoms with Crippen LogP contribution in [0, 0.1) is 0 Å². The van der Waals surface area contributed by atoms with Gasteiger partial charge in [0.2, 0.25) is 5.95 Å². The molecule has 0 atom stereocenters. The molecule has 0 aliphatic carbocycles. The van der Waals surface area contributed by atoms with Crippen LogP contribution in [0.15, 0.2) is 36.7 Å². The number of hydrogen-bond donors (Lipinski definition) is 2. The van der Waals surface area contributed by atoms with Crippen molar-refractivity contribution in [2.45, 2.75) is 6.18 Å². The highest BCUT2D eigenvalue weighted by Gasteiger charge is 2.34. The summed E-state index contributed by atoms with van der Waals surface area (Å²) in [6, 6.07) is 4.95. The van der Waals surface area contributed by atoms with Gasteiger partial charge in [0, 0.05) is 13.1 Å². The van der Waals surface area contributed by atoms with Crippen molar-refractivity contribution in [1.29, 1.82) is 0 Å². The monoisotopic (exact) mass is 298 g/mol. The summed E-state index contributed by atoms with van der Waals surface area (Å²) in [5.74, 6) is 0.151. The van der Waals surface area contributed by atoms with Crippen molar-refractivity contribution in [3.8, 4) is 11.5 Å². The van der Waals surface area contributed by atoms with Gasteiger partial charge < -0.3 is 15.8 Å². The number of halogens is 3. The SMILES string of the molecule is NCCNc1ncc(Oc2ccccc2C(F)(F)F)cn1. The maximum absolute atomic E-state index is 12.8. The summed E-state index contributed by atoms with van der Waals surface area (Å²) >= 11 is 0. The van der Waals surface area contributed by atoms with Crippen LogP contribution < -0.4 is 15.8 Å². The van der Waals surface area contributed by atoms with Gasteiger partial charge in [-0.05, 0) is 12.1 Å². The molecule has 0 bridgehead atoms. The van der Waals surface area contributed by atoms with Gasteiger partial charge in [0.15, 0.2) is 5.75 Å². The number of hydrogen-bond acceptors (Lipinski definition) is 5. The summed E-state index contributed by atoms with van der Waals surface area (Å²) in [6.07, 6.45) is -1.90. The van der Waals surface area contributed by atoms with Crippen LogP contribution in [0.3, 0.4) is 0 Å². The molecule has 1 aromatic carbocycles. The molecule has 0 aliphatic heterocycles. The third-order valence-corrected chi connectivity index (χ3v) is 2.48. The number of anilines is 1. The molecule has 0 fully saturated rings. The van der Waals surface area contributed by atoms with Gasteiger partial charge in [0.25, 0.3) is 0 Å². The van der Waals surface area contributed by atoms with Gasteiger partial charge in [-0.15, -0.1) is 0 Å². The van der Waals surface area contributed by atoms with E-state index in [1.807, 2.05) is 0 Å². The van der Waals surface area contributed by atoms with Crippen molar-refractivity contribution in [1.82, 2.24) is 9.97 Å². The molecular formula is C13H13F3N4O. The van der Waals surface area contributed by atoms with E-state index in [0.29, 0.717) is 19.0 Å². The highest BCUT2D eigenvalue weighted by atomic mass is 19.4. The first-order chi connectivity index (χ1) is 10.0. The Morgan fingerprint density at radius 1 is 1.14 bits per heavy atom. The Kier molecular flexibility index (Phi) is 4.59. The predicted molar refractivity (Wildman–Crippen MR) is 71.1 cm³/mol. The van der Waals surface area contributed by atoms with E-state index >= 15 is 0 Å². The number of ether oxygens (including phenoxy) is 1. The molecule has 21 heavy (non-hydrogen) atoms. The molecular weight excluding hydrogens is 285 g/mol. The Bertz CT molecular complexity index is 587. The minimum Gasteiger partial charge on any atom is -0.453 e. The van der Waals surface area contributed by atoms with Crippen LogP contribution in [-0.4, -0.2) is 23.1 Å². The minimum atomic E-state index is -4.49. The second-order valence-corrected chi connectivity index (χ2v) is 4.05. The van der Waals surface area contributed by atoms with Crippen LogP contribution >= 0.6 is 0 Å². The van der Waals surface area contributed by atoms with Gasteiger partial charge in [-0.1, -0.05) is 12.1 Å². The highest BCUT2D eigenvalue weighted by molar-refractivity contribution is 5.39. The zero-order valence-electron chi connectivity index (χ0n) is 10.9. The molecule has 2 rings (SSSR count). The quantitative estimate of drug-likeness (QED) is 0.888. The average Bonchev–Trinajstić information content (AvgIpc) is 2.46. The minimum absolute atomic E-state index is 0.116. The van der Waals surface area contributed by atoms with Crippen molar-refractivity contribution in [2.24, 2.45) is 5.73 Å². The first kappa shape index (κ1) is 15.0. The molecule has 0 saturated heterocycles. The first-order valence-electron chi connectivity index (χ1n) is 6.11. The molecule has 1 heterocycles. The van der Waals surface area contributed by atoms with Crippen molar-refractivity contribution >= 4 is 5.95 Å². The Morgan fingerprint density at radius 3 is 2.43 bits per heavy atom. The second kappa shape index (κ2) is 6.40. The van der Waals surface area contributed by atoms with Gasteiger partial charge in [-0.25, -0.2) is 9.97 Å². The number of rotatable bonds is 5. The lowest BCUT2D eigenvalue weighted by Crippen LogP contribution is -2.14. The molecule has 0 amide bonds. The number of para-hydroxylation sites is 1. The second-order valence-electron chi connectivity index (χ2n) is 4.05. The fourth-order valence-corrected chi connectivity index (χ4v) is 1.56. The Hall–Kier alpha value is -2.35. The lowest BCUT2D eigenvalue weighted by Gasteiger charge is -2.13. The number of nitrogens with zero attached hydrogens (tertiary/aromatic N) is 2. The molecule has 5 nitrogen and oxygen atoms in total. The van der Waals surface area contributed by atoms with Crippen LogP contribution in [0.5, 0.6) is 11.5 Å². The maximum atomic E-state index is 12.8. The van der Waals surface area contributed by atoms with Crippen LogP contribution in [0.4, 0.5) is 19.1 Å². The van der Waals surface area contributed by atoms with Crippen molar-refractivity contribution in [2.75, 3.05) is 18.4 Å². The van der Waals surface area contributed by atoms with Gasteiger partial charge >= 0.3 is 6.18 Å². The van der Waals surface area contributed by atoms with Crippen molar-refractivity contribution in [3.05, 3.63) is 42.2 Å². The molecule has 2 aromatic rings. The Morgan fingerprint density at radius 2 is 1.81 bits per heavy atom. The van der Waals surface area contributed by atoms with Crippen LogP contribution in [0.25, 0.3) is 0 Å². The van der Waals surface area contributed by atoms with Crippen LogP contribution in [0.1, 0.15) is 5.56 Å². The summed E-state index contributed by atoms with van der Waals surface area (Å²) in [4.78, 5) is 7.84. The normalized spacial score (nSPS) is 11.2. The fourth-order valence-electron chi connectivity index (χ4n) is 1.56. The van der Waals surface area contributed by atoms with E-state index in [2.05, 4.69) is 15.3 Å². The van der Waals surface area contributed by atoms with E-state index in [0.717, 1.165) is 6.07 Å². The van der Waals surface area contributed by atoms with E-state index < -0.39 is 11.7 Å². The summed E-state index contributed by atoms with van der Waals surface area (Å²) in [5, 5.41) is 2.84. The molecule has 3 N–H and O–H groups in total. The van der Waals surface area contributed by atoms with Gasteiger partial charge in [0.1, 0.15) is 5.75 Å². The predicted octanol–water partition coefficient (Wildman–Crippen LogP) is 2.66. The summed E-state index contributed by atoms with van der Waals surface area (Å²) in [5.41, 5.74) is 4.46. The largest absolute Gasteiger partial charge is 0.453 e. The number of nitrogens with one attached hydrogen (secondary N) is 1. The Balaban J connectivity index is 2.15. The molecule has 0 unspecified atom stereocenters. The number of nitrogens with two attached hydrogens (primary N) is 1. The topological polar surface area (TPSA) is 73.1 Å². The fraction of sp³-hybridized carbons (Fsp3) is 0.231. The van der Waals surface area contributed by atoms with Gasteiger partial charge in [0.05, 0.1) is 18.0 Å². The van der Waals surface area contributed by atoms with E-state index in [-0.39, 0.29) is 11.5 Å². The maximum Gasteiger partial charge on any atom is 0.419 e. The number of aromatic nitrogens is 2. The number of benzene rings is 1. The Labute approximate surface area is 119 Å². The summed E-state index contributed by atoms with van der Waals surface area (Å²) in [7, 11) is 0. The van der Waals surface area contributed by atoms with E-state index in [4.69, 9.17) is 10.5 Å². The summed E-state index contributed by atoms with van der Waals surface area (Å²) < 4.78 is 43.7. The molecule has 112 valence electrons. The van der Waals surface area contributed by atoms with E-state index in [1.165, 1.54) is 30.6 Å². The van der Waals surface area contributed by atoms with Crippen molar-refractivity contribution in [3.63, 3.8) is 0 Å². The highest BCUT2D eigenvalue weighted by Crippen LogP contribution is 2.37. The molecule has 1 aromatic heterocycles. The lowest BCUT2D eigenvalue weighted by atomic mass is 10.2. The van der Waals surface area contributed by atoms with Crippen LogP contribution in [-0.2, 0) is 6.18 Å². The standard InChI is InChI=1S/C13H13F3N4O/c14-13(15,16)10-3-1-2-4-11(10)21-9-7-19-12(20-8-9)18-6-5-17/h1-4,7-8H,5-6,17H2,(H,18,19,20). The average molecular weight is 298 g/mol. The smallest absolute Gasteiger partial charge is 0.419 e. The molecule has 0 aliphatic rings. The molecule has 0 saturated carbocycles. The van der Waals surface area contributed by atoms with Crippen molar-refractivity contribution < 1.29 is 17.9 Å². The molecule has 0 spiro atoms. The zero-order valence-corrected chi connectivity index (χ0v) is 10.9.